The van der Waals surface area contributed by atoms with Crippen molar-refractivity contribution in [3.8, 4) is 0 Å². The topological polar surface area (TPSA) is 75.0 Å². The van der Waals surface area contributed by atoms with E-state index in [0.29, 0.717) is 6.04 Å². The molecule has 1 fully saturated rings. The number of rotatable bonds is 6. The van der Waals surface area contributed by atoms with E-state index in [9.17, 15) is 5.11 Å². The average Bonchev–Trinajstić information content (AvgIpc) is 3.08. The highest BCUT2D eigenvalue weighted by molar-refractivity contribution is 5.91. The molecule has 2 aliphatic rings. The van der Waals surface area contributed by atoms with Gasteiger partial charge in [0.1, 0.15) is 5.65 Å². The number of anilines is 1. The van der Waals surface area contributed by atoms with Gasteiger partial charge in [0.05, 0.1) is 6.10 Å². The van der Waals surface area contributed by atoms with Crippen LogP contribution in [-0.4, -0.2) is 45.4 Å². The summed E-state index contributed by atoms with van der Waals surface area (Å²) >= 11 is 0. The van der Waals surface area contributed by atoms with Gasteiger partial charge in [-0.2, -0.15) is 4.98 Å². The lowest BCUT2D eigenvalue weighted by molar-refractivity contribution is 0.111. The second kappa shape index (κ2) is 8.40. The Balaban J connectivity index is 1.71. The minimum absolute atomic E-state index is 0.143. The first kappa shape index (κ1) is 18.4. The molecule has 146 valence electrons. The van der Waals surface area contributed by atoms with Crippen molar-refractivity contribution in [2.24, 2.45) is 0 Å². The van der Waals surface area contributed by atoms with E-state index >= 15 is 0 Å². The predicted octanol–water partition coefficient (Wildman–Crippen LogP) is 3.50. The molecule has 2 aromatic heterocycles. The van der Waals surface area contributed by atoms with Crippen molar-refractivity contribution < 1.29 is 5.11 Å². The Morgan fingerprint density at radius 3 is 2.89 bits per heavy atom. The summed E-state index contributed by atoms with van der Waals surface area (Å²) in [6, 6.07) is 0.408. The lowest BCUT2D eigenvalue weighted by atomic mass is 9.93. The van der Waals surface area contributed by atoms with E-state index in [2.05, 4.69) is 39.4 Å². The van der Waals surface area contributed by atoms with Crippen LogP contribution in [-0.2, 0) is 0 Å². The molecular formula is C21H31N5O. The Hall–Kier alpha value is -1.92. The zero-order valence-corrected chi connectivity index (χ0v) is 16.2. The molecule has 6 heteroatoms. The molecule has 0 spiro atoms. The smallest absolute Gasteiger partial charge is 0.224 e. The van der Waals surface area contributed by atoms with Gasteiger partial charge in [-0.15, -0.1) is 0 Å². The van der Waals surface area contributed by atoms with Crippen LogP contribution in [0.2, 0.25) is 0 Å². The van der Waals surface area contributed by atoms with Crippen LogP contribution < -0.4 is 10.6 Å². The number of unbranched alkanes of at least 4 members (excludes halogenated alkanes) is 1. The SMILES string of the molecule is CCCCNc1ncc2c(C3=CCNCC3)cn([C@H]3CC[C@H](O)CC3)c2n1. The van der Waals surface area contributed by atoms with Crippen LogP contribution in [0.1, 0.15) is 63.5 Å². The molecular weight excluding hydrogens is 338 g/mol. The maximum absolute atomic E-state index is 9.90. The van der Waals surface area contributed by atoms with Crippen LogP contribution >= 0.6 is 0 Å². The number of aliphatic hydroxyl groups excluding tert-OH is 1. The summed E-state index contributed by atoms with van der Waals surface area (Å²) in [5.74, 6) is 0.719. The third kappa shape index (κ3) is 4.01. The maximum Gasteiger partial charge on any atom is 0.224 e. The molecule has 0 saturated heterocycles. The summed E-state index contributed by atoms with van der Waals surface area (Å²) in [6.07, 6.45) is 13.5. The molecule has 0 amide bonds. The first-order chi connectivity index (χ1) is 13.3. The molecule has 0 aromatic carbocycles. The first-order valence-electron chi connectivity index (χ1n) is 10.5. The van der Waals surface area contributed by atoms with Gasteiger partial charge in [0.2, 0.25) is 5.95 Å². The quantitative estimate of drug-likeness (QED) is 0.680. The standard InChI is InChI=1S/C21H31N5O/c1-2-3-10-23-21-24-13-18-19(15-8-11-22-12-9-15)14-26(20(18)25-21)16-4-6-17(27)7-5-16/h8,13-14,16-17,22,27H,2-7,9-12H2,1H3,(H,23,24,25)/t16-,17-. The van der Waals surface area contributed by atoms with Crippen LogP contribution in [0.15, 0.2) is 18.5 Å². The van der Waals surface area contributed by atoms with Crippen LogP contribution in [0.25, 0.3) is 16.6 Å². The van der Waals surface area contributed by atoms with Gasteiger partial charge in [-0.25, -0.2) is 4.98 Å². The Bertz CT molecular complexity index is 804. The second-order valence-electron chi connectivity index (χ2n) is 7.81. The highest BCUT2D eigenvalue weighted by Gasteiger charge is 2.24. The van der Waals surface area contributed by atoms with Crippen molar-refractivity contribution in [3.63, 3.8) is 0 Å². The summed E-state index contributed by atoms with van der Waals surface area (Å²) in [7, 11) is 0. The van der Waals surface area contributed by atoms with Crippen LogP contribution in [0.5, 0.6) is 0 Å². The Morgan fingerprint density at radius 2 is 2.15 bits per heavy atom. The highest BCUT2D eigenvalue weighted by atomic mass is 16.3. The molecule has 0 unspecified atom stereocenters. The lowest BCUT2D eigenvalue weighted by Gasteiger charge is -2.27. The first-order valence-corrected chi connectivity index (χ1v) is 10.5. The summed E-state index contributed by atoms with van der Waals surface area (Å²) in [5.41, 5.74) is 3.70. The predicted molar refractivity (Wildman–Crippen MR) is 110 cm³/mol. The molecule has 0 radical (unpaired) electrons. The maximum atomic E-state index is 9.90. The average molecular weight is 370 g/mol. The minimum atomic E-state index is -0.143. The summed E-state index contributed by atoms with van der Waals surface area (Å²) in [5, 5.41) is 17.8. The molecule has 0 bridgehead atoms. The molecule has 6 nitrogen and oxygen atoms in total. The fourth-order valence-corrected chi connectivity index (χ4v) is 4.23. The number of hydrogen-bond donors (Lipinski definition) is 3. The largest absolute Gasteiger partial charge is 0.393 e. The van der Waals surface area contributed by atoms with Crippen LogP contribution in [0.3, 0.4) is 0 Å². The number of fused-ring (bicyclic) bond motifs is 1. The lowest BCUT2D eigenvalue weighted by Crippen LogP contribution is -2.21. The monoisotopic (exact) mass is 369 g/mol. The summed E-state index contributed by atoms with van der Waals surface area (Å²) in [4.78, 5) is 9.48. The van der Waals surface area contributed by atoms with Crippen molar-refractivity contribution >= 4 is 22.6 Å². The number of hydrogen-bond acceptors (Lipinski definition) is 5. The van der Waals surface area contributed by atoms with Crippen molar-refractivity contribution in [2.45, 2.75) is 64.0 Å². The van der Waals surface area contributed by atoms with E-state index in [-0.39, 0.29) is 6.10 Å². The normalized spacial score (nSPS) is 23.4. The molecule has 27 heavy (non-hydrogen) atoms. The highest BCUT2D eigenvalue weighted by Crippen LogP contribution is 2.36. The Morgan fingerprint density at radius 1 is 1.30 bits per heavy atom. The Kier molecular flexibility index (Phi) is 5.74. The van der Waals surface area contributed by atoms with Gasteiger partial charge >= 0.3 is 0 Å². The Labute approximate surface area is 161 Å². The van der Waals surface area contributed by atoms with Gasteiger partial charge in [-0.1, -0.05) is 19.4 Å². The van der Waals surface area contributed by atoms with Crippen molar-refractivity contribution in [2.75, 3.05) is 25.0 Å². The van der Waals surface area contributed by atoms with Gasteiger partial charge in [-0.3, -0.25) is 0 Å². The molecule has 1 aliphatic carbocycles. The van der Waals surface area contributed by atoms with Crippen molar-refractivity contribution in [1.82, 2.24) is 19.9 Å². The van der Waals surface area contributed by atoms with Crippen molar-refractivity contribution in [3.05, 3.63) is 24.0 Å². The molecule has 3 N–H and O–H groups in total. The van der Waals surface area contributed by atoms with Gasteiger partial charge < -0.3 is 20.3 Å². The molecule has 3 heterocycles. The van der Waals surface area contributed by atoms with E-state index in [1.165, 1.54) is 11.1 Å². The minimum Gasteiger partial charge on any atom is -0.393 e. The van der Waals surface area contributed by atoms with Gasteiger partial charge in [0, 0.05) is 42.5 Å². The van der Waals surface area contributed by atoms with Crippen LogP contribution in [0.4, 0.5) is 5.95 Å². The van der Waals surface area contributed by atoms with Gasteiger partial charge in [0.15, 0.2) is 0 Å². The molecule has 4 rings (SSSR count). The zero-order chi connectivity index (χ0) is 18.6. The molecule has 1 aliphatic heterocycles. The fraction of sp³-hybridized carbons (Fsp3) is 0.619. The number of nitrogens with zero attached hydrogens (tertiary/aromatic N) is 3. The third-order valence-electron chi connectivity index (χ3n) is 5.85. The van der Waals surface area contributed by atoms with Crippen molar-refractivity contribution in [1.29, 1.82) is 0 Å². The molecule has 2 aromatic rings. The zero-order valence-electron chi connectivity index (χ0n) is 16.2. The van der Waals surface area contributed by atoms with E-state index in [1.807, 2.05) is 6.20 Å². The van der Waals surface area contributed by atoms with Crippen LogP contribution in [0, 0.1) is 0 Å². The molecule has 0 atom stereocenters. The van der Waals surface area contributed by atoms with Gasteiger partial charge in [0.25, 0.3) is 0 Å². The third-order valence-corrected chi connectivity index (χ3v) is 5.85. The van der Waals surface area contributed by atoms with Gasteiger partial charge in [-0.05, 0) is 50.6 Å². The van der Waals surface area contributed by atoms with E-state index in [4.69, 9.17) is 4.98 Å². The number of nitrogens with one attached hydrogen (secondary N) is 2. The number of aromatic nitrogens is 3. The van der Waals surface area contributed by atoms with E-state index < -0.39 is 0 Å². The summed E-state index contributed by atoms with van der Waals surface area (Å²) in [6.45, 7) is 5.04. The fourth-order valence-electron chi connectivity index (χ4n) is 4.23. The number of aliphatic hydroxyl groups is 1. The second-order valence-corrected chi connectivity index (χ2v) is 7.81. The molecule has 1 saturated carbocycles. The summed E-state index contributed by atoms with van der Waals surface area (Å²) < 4.78 is 2.35. The van der Waals surface area contributed by atoms with E-state index in [1.54, 1.807) is 0 Å². The van der Waals surface area contributed by atoms with E-state index in [0.717, 1.165) is 81.6 Å².